The zero-order valence-electron chi connectivity index (χ0n) is 17.2. The monoisotopic (exact) mass is 426 g/mol. The van der Waals surface area contributed by atoms with Gasteiger partial charge in [0.2, 0.25) is 0 Å². The molecule has 0 fully saturated rings. The average Bonchev–Trinajstić information content (AvgIpc) is 2.74. The molecule has 3 amide bonds. The van der Waals surface area contributed by atoms with Gasteiger partial charge in [-0.1, -0.05) is 24.3 Å². The number of ether oxygens (including phenoxy) is 1. The molecule has 0 aliphatic rings. The van der Waals surface area contributed by atoms with E-state index < -0.39 is 23.8 Å². The topological polar surface area (TPSA) is 155 Å². The van der Waals surface area contributed by atoms with Gasteiger partial charge in [0, 0.05) is 30.0 Å². The molecular weight excluding hydrogens is 400 g/mol. The number of benzene rings is 2. The quantitative estimate of drug-likeness (QED) is 0.223. The van der Waals surface area contributed by atoms with E-state index in [0.29, 0.717) is 37.3 Å². The molecule has 31 heavy (non-hydrogen) atoms. The zero-order chi connectivity index (χ0) is 22.8. The zero-order valence-corrected chi connectivity index (χ0v) is 17.2. The van der Waals surface area contributed by atoms with Crippen molar-refractivity contribution in [2.24, 2.45) is 11.7 Å². The van der Waals surface area contributed by atoms with Crippen LogP contribution in [-0.2, 0) is 16.0 Å². The Balaban J connectivity index is 1.89. The number of hydrogen-bond acceptors (Lipinski definition) is 5. The molecule has 0 bridgehead atoms. The van der Waals surface area contributed by atoms with E-state index in [1.54, 1.807) is 24.3 Å². The van der Waals surface area contributed by atoms with Crippen LogP contribution in [0, 0.1) is 11.3 Å². The minimum atomic E-state index is -0.879. The van der Waals surface area contributed by atoms with Gasteiger partial charge >= 0.3 is 12.0 Å². The predicted molar refractivity (Wildman–Crippen MR) is 116 cm³/mol. The van der Waals surface area contributed by atoms with E-state index in [-0.39, 0.29) is 11.4 Å². The fraction of sp³-hybridized carbons (Fsp3) is 0.273. The third kappa shape index (κ3) is 7.56. The lowest BCUT2D eigenvalue weighted by atomic mass is 9.96. The number of carboxylic acid groups (broad SMARTS) is 1. The Bertz CT molecular complexity index is 926. The predicted octanol–water partition coefficient (Wildman–Crippen LogP) is 2.60. The van der Waals surface area contributed by atoms with Gasteiger partial charge in [-0.3, -0.25) is 20.3 Å². The SMILES string of the molecule is CCOCCC(Cc1ccc(NC(=O)NC(=O)c2ccc(C(=N)N)cc2)cc1)C(=O)O. The number of rotatable bonds is 10. The molecule has 0 aromatic heterocycles. The lowest BCUT2D eigenvalue weighted by Gasteiger charge is -2.13. The number of hydrogen-bond donors (Lipinski definition) is 5. The van der Waals surface area contributed by atoms with Crippen LogP contribution in [-0.4, -0.2) is 42.1 Å². The number of imide groups is 1. The van der Waals surface area contributed by atoms with E-state index in [1.165, 1.54) is 24.3 Å². The molecular formula is C22H26N4O5. The van der Waals surface area contributed by atoms with E-state index in [9.17, 15) is 19.5 Å². The van der Waals surface area contributed by atoms with Gasteiger partial charge in [-0.05, 0) is 49.6 Å². The summed E-state index contributed by atoms with van der Waals surface area (Å²) in [5.74, 6) is -2.14. The van der Waals surface area contributed by atoms with E-state index in [0.717, 1.165) is 5.56 Å². The van der Waals surface area contributed by atoms with E-state index in [2.05, 4.69) is 10.6 Å². The van der Waals surface area contributed by atoms with Crippen LogP contribution in [0.5, 0.6) is 0 Å². The highest BCUT2D eigenvalue weighted by Gasteiger charge is 2.18. The number of carbonyl (C=O) groups excluding carboxylic acids is 2. The summed E-state index contributed by atoms with van der Waals surface area (Å²) in [6.07, 6.45) is 0.769. The second kappa shape index (κ2) is 11.5. The van der Waals surface area contributed by atoms with Gasteiger partial charge in [0.15, 0.2) is 0 Å². The average molecular weight is 426 g/mol. The first-order valence-electron chi connectivity index (χ1n) is 9.76. The lowest BCUT2D eigenvalue weighted by Crippen LogP contribution is -2.34. The summed E-state index contributed by atoms with van der Waals surface area (Å²) in [5.41, 5.74) is 7.37. The fourth-order valence-electron chi connectivity index (χ4n) is 2.83. The molecule has 9 nitrogen and oxygen atoms in total. The molecule has 2 aromatic rings. The summed E-state index contributed by atoms with van der Waals surface area (Å²) in [5, 5.41) is 21.5. The molecule has 0 heterocycles. The summed E-state index contributed by atoms with van der Waals surface area (Å²) >= 11 is 0. The third-order valence-electron chi connectivity index (χ3n) is 4.54. The number of carboxylic acids is 1. The molecule has 1 unspecified atom stereocenters. The first-order valence-corrected chi connectivity index (χ1v) is 9.76. The molecule has 0 spiro atoms. The van der Waals surface area contributed by atoms with Crippen LogP contribution in [0.1, 0.15) is 34.8 Å². The smallest absolute Gasteiger partial charge is 0.326 e. The Labute approximate surface area is 180 Å². The van der Waals surface area contributed by atoms with Crippen LogP contribution < -0.4 is 16.4 Å². The number of aliphatic carboxylic acids is 1. The van der Waals surface area contributed by atoms with Gasteiger partial charge in [-0.25, -0.2) is 4.79 Å². The summed E-state index contributed by atoms with van der Waals surface area (Å²) < 4.78 is 5.23. The number of amidine groups is 1. The van der Waals surface area contributed by atoms with Crippen molar-refractivity contribution in [2.45, 2.75) is 19.8 Å². The molecule has 1 atom stereocenters. The molecule has 6 N–H and O–H groups in total. The second-order valence-electron chi connectivity index (χ2n) is 6.82. The molecule has 164 valence electrons. The minimum absolute atomic E-state index is 0.114. The molecule has 0 radical (unpaired) electrons. The maximum Gasteiger partial charge on any atom is 0.326 e. The molecule has 0 saturated carbocycles. The van der Waals surface area contributed by atoms with Gasteiger partial charge in [0.1, 0.15) is 5.84 Å². The van der Waals surface area contributed by atoms with Gasteiger partial charge in [0.25, 0.3) is 5.91 Å². The normalized spacial score (nSPS) is 11.4. The Morgan fingerprint density at radius 3 is 2.23 bits per heavy atom. The van der Waals surface area contributed by atoms with Crippen molar-refractivity contribution in [3.63, 3.8) is 0 Å². The lowest BCUT2D eigenvalue weighted by molar-refractivity contribution is -0.142. The van der Waals surface area contributed by atoms with Gasteiger partial charge in [0.05, 0.1) is 5.92 Å². The Morgan fingerprint density at radius 1 is 1.06 bits per heavy atom. The first kappa shape index (κ1) is 23.6. The molecule has 0 saturated heterocycles. The van der Waals surface area contributed by atoms with Gasteiger partial charge in [-0.2, -0.15) is 0 Å². The van der Waals surface area contributed by atoms with Crippen LogP contribution in [0.3, 0.4) is 0 Å². The second-order valence-corrected chi connectivity index (χ2v) is 6.82. The van der Waals surface area contributed by atoms with E-state index in [4.69, 9.17) is 15.9 Å². The van der Waals surface area contributed by atoms with Crippen molar-refractivity contribution in [2.75, 3.05) is 18.5 Å². The van der Waals surface area contributed by atoms with Crippen molar-refractivity contribution in [3.05, 3.63) is 65.2 Å². The van der Waals surface area contributed by atoms with Gasteiger partial charge < -0.3 is 20.9 Å². The summed E-state index contributed by atoms with van der Waals surface area (Å²) in [6, 6.07) is 12.0. The standard InChI is InChI=1S/C22H26N4O5/c1-2-31-12-11-17(21(28)29)13-14-3-9-18(10-4-14)25-22(30)26-20(27)16-7-5-15(6-8-16)19(23)24/h3-10,17H,2,11-13H2,1H3,(H3,23,24)(H,28,29)(H2,25,26,27,30). The van der Waals surface area contributed by atoms with Crippen molar-refractivity contribution >= 4 is 29.4 Å². The first-order chi connectivity index (χ1) is 14.8. The molecule has 2 rings (SSSR count). The highest BCUT2D eigenvalue weighted by atomic mass is 16.5. The van der Waals surface area contributed by atoms with Crippen LogP contribution in [0.15, 0.2) is 48.5 Å². The van der Waals surface area contributed by atoms with Crippen LogP contribution in [0.4, 0.5) is 10.5 Å². The maximum absolute atomic E-state index is 12.2. The number of anilines is 1. The highest BCUT2D eigenvalue weighted by Crippen LogP contribution is 2.16. The largest absolute Gasteiger partial charge is 0.481 e. The summed E-state index contributed by atoms with van der Waals surface area (Å²) in [7, 11) is 0. The third-order valence-corrected chi connectivity index (χ3v) is 4.54. The van der Waals surface area contributed by atoms with Crippen LogP contribution in [0.2, 0.25) is 0 Å². The van der Waals surface area contributed by atoms with Crippen molar-refractivity contribution in [1.29, 1.82) is 5.41 Å². The minimum Gasteiger partial charge on any atom is -0.481 e. The number of amides is 3. The number of carbonyl (C=O) groups is 3. The fourth-order valence-corrected chi connectivity index (χ4v) is 2.83. The molecule has 0 aliphatic heterocycles. The molecule has 2 aromatic carbocycles. The number of urea groups is 1. The molecule has 9 heteroatoms. The Hall–Kier alpha value is -3.72. The summed E-state index contributed by atoms with van der Waals surface area (Å²) in [4.78, 5) is 35.6. The Morgan fingerprint density at radius 2 is 1.68 bits per heavy atom. The Kier molecular flexibility index (Phi) is 8.71. The van der Waals surface area contributed by atoms with Crippen LogP contribution >= 0.6 is 0 Å². The van der Waals surface area contributed by atoms with Gasteiger partial charge in [-0.15, -0.1) is 0 Å². The number of nitrogen functional groups attached to an aromatic ring is 1. The number of nitrogens with one attached hydrogen (secondary N) is 3. The van der Waals surface area contributed by atoms with Crippen molar-refractivity contribution < 1.29 is 24.2 Å². The maximum atomic E-state index is 12.2. The van der Waals surface area contributed by atoms with Crippen LogP contribution in [0.25, 0.3) is 0 Å². The highest BCUT2D eigenvalue weighted by molar-refractivity contribution is 6.08. The van der Waals surface area contributed by atoms with E-state index in [1.807, 2.05) is 6.92 Å². The molecule has 0 aliphatic carbocycles. The van der Waals surface area contributed by atoms with Crippen molar-refractivity contribution in [3.8, 4) is 0 Å². The van der Waals surface area contributed by atoms with Crippen molar-refractivity contribution in [1.82, 2.24) is 5.32 Å². The number of nitrogens with two attached hydrogens (primary N) is 1. The summed E-state index contributed by atoms with van der Waals surface area (Å²) in [6.45, 7) is 2.79. The van der Waals surface area contributed by atoms with E-state index >= 15 is 0 Å².